The predicted molar refractivity (Wildman–Crippen MR) is 116 cm³/mol. The number of benzene rings is 1. The van der Waals surface area contributed by atoms with Gasteiger partial charge in [-0.3, -0.25) is 9.69 Å². The Morgan fingerprint density at radius 2 is 2.00 bits per heavy atom. The molecule has 10 heteroatoms. The van der Waals surface area contributed by atoms with E-state index in [1.165, 1.54) is 13.2 Å². The molecule has 1 saturated heterocycles. The normalized spacial score (nSPS) is 14.2. The van der Waals surface area contributed by atoms with Gasteiger partial charge >= 0.3 is 6.09 Å². The van der Waals surface area contributed by atoms with E-state index in [0.29, 0.717) is 37.7 Å². The quantitative estimate of drug-likeness (QED) is 0.675. The predicted octanol–water partition coefficient (Wildman–Crippen LogP) is 1.24. The minimum atomic E-state index is -0.387. The van der Waals surface area contributed by atoms with E-state index in [1.54, 1.807) is 11.8 Å². The SMILES string of the molecule is CCOC(=O)N1CCN(CCOc2cccc(-c3cnc(N)c(C(=O)NC)n3)c2)CC1. The van der Waals surface area contributed by atoms with Gasteiger partial charge in [-0.2, -0.15) is 0 Å². The average molecular weight is 428 g/mol. The minimum absolute atomic E-state index is 0.0820. The molecule has 0 unspecified atom stereocenters. The van der Waals surface area contributed by atoms with Crippen molar-refractivity contribution in [1.82, 2.24) is 25.1 Å². The second kappa shape index (κ2) is 10.6. The smallest absolute Gasteiger partial charge is 0.409 e. The van der Waals surface area contributed by atoms with Crippen LogP contribution in [0.1, 0.15) is 17.4 Å². The summed E-state index contributed by atoms with van der Waals surface area (Å²) in [7, 11) is 1.52. The fourth-order valence-electron chi connectivity index (χ4n) is 3.23. The summed E-state index contributed by atoms with van der Waals surface area (Å²) in [6.07, 6.45) is 1.28. The van der Waals surface area contributed by atoms with Gasteiger partial charge < -0.3 is 25.4 Å². The molecule has 2 amide bonds. The van der Waals surface area contributed by atoms with E-state index in [0.717, 1.165) is 25.2 Å². The Labute approximate surface area is 181 Å². The van der Waals surface area contributed by atoms with Crippen LogP contribution in [0.15, 0.2) is 30.5 Å². The zero-order valence-corrected chi connectivity index (χ0v) is 17.8. The summed E-state index contributed by atoms with van der Waals surface area (Å²) in [6, 6.07) is 7.45. The third-order valence-corrected chi connectivity index (χ3v) is 4.95. The molecular formula is C21H28N6O4. The Hall–Kier alpha value is -3.40. The molecule has 2 heterocycles. The number of amides is 2. The summed E-state index contributed by atoms with van der Waals surface area (Å²) in [5, 5.41) is 2.51. The third-order valence-electron chi connectivity index (χ3n) is 4.95. The molecule has 31 heavy (non-hydrogen) atoms. The van der Waals surface area contributed by atoms with Crippen LogP contribution in [0.25, 0.3) is 11.3 Å². The van der Waals surface area contributed by atoms with Crippen molar-refractivity contribution in [3.05, 3.63) is 36.2 Å². The number of carbonyl (C=O) groups excluding carboxylic acids is 2. The second-order valence-electron chi connectivity index (χ2n) is 6.97. The Morgan fingerprint density at radius 1 is 1.23 bits per heavy atom. The molecule has 1 aliphatic heterocycles. The first-order chi connectivity index (χ1) is 15.0. The highest BCUT2D eigenvalue weighted by Crippen LogP contribution is 2.23. The van der Waals surface area contributed by atoms with Crippen LogP contribution in [0, 0.1) is 0 Å². The number of aromatic nitrogens is 2. The minimum Gasteiger partial charge on any atom is -0.492 e. The van der Waals surface area contributed by atoms with Crippen molar-refractivity contribution in [3.8, 4) is 17.0 Å². The molecule has 1 aliphatic rings. The topological polar surface area (TPSA) is 123 Å². The van der Waals surface area contributed by atoms with Crippen molar-refractivity contribution in [2.45, 2.75) is 6.92 Å². The third kappa shape index (κ3) is 5.82. The molecule has 1 fully saturated rings. The van der Waals surface area contributed by atoms with Gasteiger partial charge in [0, 0.05) is 45.3 Å². The highest BCUT2D eigenvalue weighted by molar-refractivity contribution is 5.96. The lowest BCUT2D eigenvalue weighted by Crippen LogP contribution is -2.49. The van der Waals surface area contributed by atoms with E-state index >= 15 is 0 Å². The molecule has 0 spiro atoms. The summed E-state index contributed by atoms with van der Waals surface area (Å²) in [5.41, 5.74) is 7.16. The lowest BCUT2D eigenvalue weighted by molar-refractivity contribution is 0.0757. The van der Waals surface area contributed by atoms with Crippen molar-refractivity contribution in [1.29, 1.82) is 0 Å². The second-order valence-corrected chi connectivity index (χ2v) is 6.97. The van der Waals surface area contributed by atoms with E-state index in [4.69, 9.17) is 15.2 Å². The first-order valence-electron chi connectivity index (χ1n) is 10.2. The van der Waals surface area contributed by atoms with E-state index in [2.05, 4.69) is 20.2 Å². The van der Waals surface area contributed by atoms with Crippen molar-refractivity contribution in [2.24, 2.45) is 0 Å². The lowest BCUT2D eigenvalue weighted by atomic mass is 10.1. The largest absolute Gasteiger partial charge is 0.492 e. The van der Waals surface area contributed by atoms with Crippen LogP contribution >= 0.6 is 0 Å². The Morgan fingerprint density at radius 3 is 2.71 bits per heavy atom. The molecule has 3 rings (SSSR count). The summed E-state index contributed by atoms with van der Waals surface area (Å²) in [6.45, 7) is 6.33. The fraction of sp³-hybridized carbons (Fsp3) is 0.429. The maximum absolute atomic E-state index is 11.9. The van der Waals surface area contributed by atoms with Crippen LogP contribution in [0.3, 0.4) is 0 Å². The van der Waals surface area contributed by atoms with Crippen LogP contribution in [0.2, 0.25) is 0 Å². The number of anilines is 1. The van der Waals surface area contributed by atoms with Gasteiger partial charge in [0.2, 0.25) is 0 Å². The number of carbonyl (C=O) groups is 2. The van der Waals surface area contributed by atoms with Gasteiger partial charge in [0.05, 0.1) is 18.5 Å². The van der Waals surface area contributed by atoms with Crippen molar-refractivity contribution >= 4 is 17.8 Å². The molecule has 166 valence electrons. The van der Waals surface area contributed by atoms with Gasteiger partial charge in [0.25, 0.3) is 5.91 Å². The van der Waals surface area contributed by atoms with Gasteiger partial charge in [-0.1, -0.05) is 12.1 Å². The van der Waals surface area contributed by atoms with E-state index in [9.17, 15) is 9.59 Å². The summed E-state index contributed by atoms with van der Waals surface area (Å²) >= 11 is 0. The average Bonchev–Trinajstić information content (AvgIpc) is 2.79. The first kappa shape index (κ1) is 22.3. The molecule has 0 atom stereocenters. The number of piperazine rings is 1. The van der Waals surface area contributed by atoms with Crippen LogP contribution < -0.4 is 15.8 Å². The zero-order chi connectivity index (χ0) is 22.2. The summed E-state index contributed by atoms with van der Waals surface area (Å²) in [4.78, 5) is 36.1. The number of nitrogens with two attached hydrogens (primary N) is 1. The molecule has 1 aromatic heterocycles. The molecule has 0 aliphatic carbocycles. The van der Waals surface area contributed by atoms with Crippen LogP contribution in [-0.4, -0.2) is 84.8 Å². The standard InChI is InChI=1S/C21H28N6O4/c1-3-30-21(29)27-9-7-26(8-10-27)11-12-31-16-6-4-5-15(13-16)17-14-24-19(22)18(25-17)20(28)23-2/h4-6,13-14H,3,7-12H2,1-2H3,(H2,22,24)(H,23,28). The highest BCUT2D eigenvalue weighted by atomic mass is 16.6. The van der Waals surface area contributed by atoms with Crippen molar-refractivity contribution < 1.29 is 19.1 Å². The number of ether oxygens (including phenoxy) is 2. The maximum Gasteiger partial charge on any atom is 0.409 e. The van der Waals surface area contributed by atoms with Gasteiger partial charge in [0.15, 0.2) is 11.5 Å². The number of nitrogen functional groups attached to an aromatic ring is 1. The number of hydrogen-bond acceptors (Lipinski definition) is 8. The molecule has 0 saturated carbocycles. The number of nitrogens with zero attached hydrogens (tertiary/aromatic N) is 4. The summed E-state index contributed by atoms with van der Waals surface area (Å²) in [5.74, 6) is 0.392. The number of rotatable bonds is 7. The van der Waals surface area contributed by atoms with Gasteiger partial charge in [-0.15, -0.1) is 0 Å². The molecule has 2 aromatic rings. The lowest BCUT2D eigenvalue weighted by Gasteiger charge is -2.33. The fourth-order valence-corrected chi connectivity index (χ4v) is 3.23. The Balaban J connectivity index is 1.54. The monoisotopic (exact) mass is 428 g/mol. The Kier molecular flexibility index (Phi) is 7.60. The molecule has 1 aromatic carbocycles. The number of nitrogens with one attached hydrogen (secondary N) is 1. The van der Waals surface area contributed by atoms with E-state index < -0.39 is 0 Å². The molecular weight excluding hydrogens is 400 g/mol. The summed E-state index contributed by atoms with van der Waals surface area (Å²) < 4.78 is 10.9. The van der Waals surface area contributed by atoms with Crippen LogP contribution in [0.4, 0.5) is 10.6 Å². The van der Waals surface area contributed by atoms with Crippen molar-refractivity contribution in [3.63, 3.8) is 0 Å². The molecule has 0 radical (unpaired) electrons. The van der Waals surface area contributed by atoms with Gasteiger partial charge in [-0.25, -0.2) is 14.8 Å². The molecule has 3 N–H and O–H groups in total. The highest BCUT2D eigenvalue weighted by Gasteiger charge is 2.21. The zero-order valence-electron chi connectivity index (χ0n) is 17.8. The molecule has 0 bridgehead atoms. The maximum atomic E-state index is 11.9. The van der Waals surface area contributed by atoms with Gasteiger partial charge in [0.1, 0.15) is 12.4 Å². The first-order valence-corrected chi connectivity index (χ1v) is 10.2. The van der Waals surface area contributed by atoms with E-state index in [-0.39, 0.29) is 23.5 Å². The van der Waals surface area contributed by atoms with E-state index in [1.807, 2.05) is 24.3 Å². The van der Waals surface area contributed by atoms with Crippen molar-refractivity contribution in [2.75, 3.05) is 58.7 Å². The number of hydrogen-bond donors (Lipinski definition) is 2. The van der Waals surface area contributed by atoms with Crippen LogP contribution in [0.5, 0.6) is 5.75 Å². The Bertz CT molecular complexity index is 914. The molecule has 10 nitrogen and oxygen atoms in total. The van der Waals surface area contributed by atoms with Crippen LogP contribution in [-0.2, 0) is 4.74 Å². The van der Waals surface area contributed by atoms with Gasteiger partial charge in [-0.05, 0) is 19.1 Å².